The van der Waals surface area contributed by atoms with E-state index in [9.17, 15) is 13.2 Å². The number of aliphatic carboxylic acids is 1. The summed E-state index contributed by atoms with van der Waals surface area (Å²) >= 11 is 0. The van der Waals surface area contributed by atoms with E-state index in [0.717, 1.165) is 0 Å². The van der Waals surface area contributed by atoms with Gasteiger partial charge in [-0.1, -0.05) is 6.92 Å². The van der Waals surface area contributed by atoms with Gasteiger partial charge in [0.25, 0.3) is 0 Å². The lowest BCUT2D eigenvalue weighted by atomic mass is 10.2. The summed E-state index contributed by atoms with van der Waals surface area (Å²) in [7, 11) is -3.20. The zero-order valence-electron chi connectivity index (χ0n) is 9.67. The minimum absolute atomic E-state index is 0.0469. The molecule has 0 bridgehead atoms. The van der Waals surface area contributed by atoms with E-state index in [4.69, 9.17) is 5.11 Å². The molecule has 0 aliphatic heterocycles. The molecule has 1 rings (SSSR count). The maximum Gasteiger partial charge on any atom is 0.325 e. The quantitative estimate of drug-likeness (QED) is 0.832. The maximum atomic E-state index is 11.5. The van der Waals surface area contributed by atoms with Crippen molar-refractivity contribution in [2.24, 2.45) is 0 Å². The summed E-state index contributed by atoms with van der Waals surface area (Å²) in [6.07, 6.45) is 0. The third-order valence-electron chi connectivity index (χ3n) is 2.35. The molecule has 94 valence electrons. The lowest BCUT2D eigenvalue weighted by Gasteiger charge is -2.11. The first-order valence-corrected chi connectivity index (χ1v) is 6.84. The van der Waals surface area contributed by atoms with Crippen molar-refractivity contribution in [2.75, 3.05) is 11.1 Å². The number of nitrogens with one attached hydrogen (secondary N) is 1. The van der Waals surface area contributed by atoms with Crippen molar-refractivity contribution < 1.29 is 18.3 Å². The molecule has 0 amide bonds. The number of sulfone groups is 1. The second-order valence-corrected chi connectivity index (χ2v) is 5.91. The summed E-state index contributed by atoms with van der Waals surface area (Å²) in [5, 5.41) is 11.5. The van der Waals surface area contributed by atoms with Crippen LogP contribution in [0.1, 0.15) is 13.8 Å². The Hall–Kier alpha value is -1.56. The number of hydrogen-bond acceptors (Lipinski definition) is 4. The van der Waals surface area contributed by atoms with Crippen LogP contribution in [0, 0.1) is 0 Å². The Bertz CT molecular complexity index is 493. The Balaban J connectivity index is 2.86. The number of rotatable bonds is 5. The van der Waals surface area contributed by atoms with E-state index in [1.807, 2.05) is 0 Å². The highest BCUT2D eigenvalue weighted by atomic mass is 32.2. The molecule has 1 unspecified atom stereocenters. The van der Waals surface area contributed by atoms with E-state index in [2.05, 4.69) is 5.32 Å². The summed E-state index contributed by atoms with van der Waals surface area (Å²) in [5.74, 6) is -0.916. The van der Waals surface area contributed by atoms with E-state index >= 15 is 0 Å². The van der Waals surface area contributed by atoms with Crippen LogP contribution in [0.2, 0.25) is 0 Å². The molecule has 2 N–H and O–H groups in total. The Morgan fingerprint density at radius 1 is 1.35 bits per heavy atom. The molecule has 0 radical (unpaired) electrons. The maximum absolute atomic E-state index is 11.5. The summed E-state index contributed by atoms with van der Waals surface area (Å²) in [5.41, 5.74) is 0.579. The molecular weight excluding hydrogens is 242 g/mol. The van der Waals surface area contributed by atoms with Crippen molar-refractivity contribution in [1.29, 1.82) is 0 Å². The largest absolute Gasteiger partial charge is 0.480 e. The fourth-order valence-electron chi connectivity index (χ4n) is 1.24. The van der Waals surface area contributed by atoms with E-state index in [0.29, 0.717) is 5.69 Å². The Morgan fingerprint density at radius 2 is 1.88 bits per heavy atom. The van der Waals surface area contributed by atoms with Gasteiger partial charge < -0.3 is 10.4 Å². The third-order valence-corrected chi connectivity index (χ3v) is 4.10. The van der Waals surface area contributed by atoms with Crippen molar-refractivity contribution in [3.8, 4) is 0 Å². The van der Waals surface area contributed by atoms with Crippen LogP contribution in [-0.2, 0) is 14.6 Å². The summed E-state index contributed by atoms with van der Waals surface area (Å²) in [6.45, 7) is 3.09. The molecule has 1 aromatic rings. The molecule has 17 heavy (non-hydrogen) atoms. The van der Waals surface area contributed by atoms with Gasteiger partial charge in [0.05, 0.1) is 10.6 Å². The molecule has 1 atom stereocenters. The lowest BCUT2D eigenvalue weighted by Crippen LogP contribution is -2.25. The molecule has 0 heterocycles. The van der Waals surface area contributed by atoms with Gasteiger partial charge in [-0.05, 0) is 31.2 Å². The molecule has 5 nitrogen and oxygen atoms in total. The highest BCUT2D eigenvalue weighted by molar-refractivity contribution is 7.91. The lowest BCUT2D eigenvalue weighted by molar-refractivity contribution is -0.137. The number of hydrogen-bond donors (Lipinski definition) is 2. The smallest absolute Gasteiger partial charge is 0.325 e. The zero-order valence-corrected chi connectivity index (χ0v) is 10.5. The monoisotopic (exact) mass is 257 g/mol. The Kier molecular flexibility index (Phi) is 4.11. The van der Waals surface area contributed by atoms with Crippen molar-refractivity contribution >= 4 is 21.5 Å². The second kappa shape index (κ2) is 5.18. The molecule has 0 saturated carbocycles. The average molecular weight is 257 g/mol. The van der Waals surface area contributed by atoms with Gasteiger partial charge in [0.15, 0.2) is 9.84 Å². The minimum atomic E-state index is -3.20. The number of carbonyl (C=O) groups is 1. The van der Waals surface area contributed by atoms with Crippen molar-refractivity contribution in [3.05, 3.63) is 24.3 Å². The predicted octanol–water partition coefficient (Wildman–Crippen LogP) is 1.37. The van der Waals surface area contributed by atoms with Crippen LogP contribution in [0.3, 0.4) is 0 Å². The molecule has 0 fully saturated rings. The van der Waals surface area contributed by atoms with Crippen molar-refractivity contribution in [1.82, 2.24) is 0 Å². The van der Waals surface area contributed by atoms with Crippen LogP contribution in [0.5, 0.6) is 0 Å². The van der Waals surface area contributed by atoms with Gasteiger partial charge in [-0.15, -0.1) is 0 Å². The topological polar surface area (TPSA) is 83.5 Å². The first-order chi connectivity index (χ1) is 7.86. The molecule has 0 aliphatic rings. The van der Waals surface area contributed by atoms with Gasteiger partial charge in [0.2, 0.25) is 0 Å². The van der Waals surface area contributed by atoms with Gasteiger partial charge in [-0.2, -0.15) is 0 Å². The fraction of sp³-hybridized carbons (Fsp3) is 0.364. The molecule has 0 saturated heterocycles. The van der Waals surface area contributed by atoms with Crippen LogP contribution in [-0.4, -0.2) is 31.3 Å². The van der Waals surface area contributed by atoms with Crippen LogP contribution in [0.15, 0.2) is 29.2 Å². The molecule has 0 aliphatic carbocycles. The number of carboxylic acids is 1. The third kappa shape index (κ3) is 3.45. The standard InChI is InChI=1S/C11H15NO4S/c1-3-17(15,16)10-6-4-9(5-7-10)12-8(2)11(13)14/h4-8,12H,3H2,1-2H3,(H,13,14). The van der Waals surface area contributed by atoms with Gasteiger partial charge in [0.1, 0.15) is 6.04 Å². The summed E-state index contributed by atoms with van der Waals surface area (Å²) < 4.78 is 23.1. The highest BCUT2D eigenvalue weighted by Gasteiger charge is 2.13. The van der Waals surface area contributed by atoms with Gasteiger partial charge in [-0.3, -0.25) is 4.79 Å². The number of anilines is 1. The fourth-order valence-corrected chi connectivity index (χ4v) is 2.12. The van der Waals surface area contributed by atoms with Crippen molar-refractivity contribution in [2.45, 2.75) is 24.8 Å². The molecule has 0 spiro atoms. The van der Waals surface area contributed by atoms with Crippen molar-refractivity contribution in [3.63, 3.8) is 0 Å². The first kappa shape index (κ1) is 13.5. The predicted molar refractivity (Wildman–Crippen MR) is 64.9 cm³/mol. The summed E-state index contributed by atoms with van der Waals surface area (Å²) in [4.78, 5) is 10.9. The van der Waals surface area contributed by atoms with Gasteiger partial charge in [0, 0.05) is 5.69 Å². The number of benzene rings is 1. The normalized spacial score (nSPS) is 13.1. The first-order valence-electron chi connectivity index (χ1n) is 5.19. The Morgan fingerprint density at radius 3 is 2.29 bits per heavy atom. The SMILES string of the molecule is CCS(=O)(=O)c1ccc(NC(C)C(=O)O)cc1. The Labute approximate surface area is 100 Å². The number of carboxylic acid groups (broad SMARTS) is 1. The van der Waals surface area contributed by atoms with Crippen LogP contribution in [0.4, 0.5) is 5.69 Å². The zero-order chi connectivity index (χ0) is 13.1. The second-order valence-electron chi connectivity index (χ2n) is 3.63. The molecule has 0 aromatic heterocycles. The molecular formula is C11H15NO4S. The van der Waals surface area contributed by atoms with E-state index in [1.54, 1.807) is 19.1 Å². The van der Waals surface area contributed by atoms with E-state index in [1.165, 1.54) is 19.1 Å². The highest BCUT2D eigenvalue weighted by Crippen LogP contribution is 2.15. The van der Waals surface area contributed by atoms with Gasteiger partial charge >= 0.3 is 5.97 Å². The van der Waals surface area contributed by atoms with Gasteiger partial charge in [-0.25, -0.2) is 8.42 Å². The summed E-state index contributed by atoms with van der Waals surface area (Å²) in [6, 6.07) is 5.33. The van der Waals surface area contributed by atoms with Crippen LogP contribution in [0.25, 0.3) is 0 Å². The van der Waals surface area contributed by atoms with Crippen LogP contribution >= 0.6 is 0 Å². The average Bonchev–Trinajstić information content (AvgIpc) is 2.29. The van der Waals surface area contributed by atoms with Crippen LogP contribution < -0.4 is 5.32 Å². The molecule has 6 heteroatoms. The molecule has 1 aromatic carbocycles. The minimum Gasteiger partial charge on any atom is -0.480 e. The van der Waals surface area contributed by atoms with E-state index < -0.39 is 21.8 Å². The van der Waals surface area contributed by atoms with E-state index in [-0.39, 0.29) is 10.6 Å².